The lowest BCUT2D eigenvalue weighted by molar-refractivity contribution is 0.102. The third kappa shape index (κ3) is 2.93. The maximum atomic E-state index is 12.2. The fourth-order valence-corrected chi connectivity index (χ4v) is 2.18. The molecule has 2 aromatic carbocycles. The number of nitriles is 1. The van der Waals surface area contributed by atoms with Crippen LogP contribution in [0, 0.1) is 11.3 Å². The Balaban J connectivity index is 2.33. The van der Waals surface area contributed by atoms with E-state index in [-0.39, 0.29) is 11.3 Å². The molecule has 0 heterocycles. The highest BCUT2D eigenvalue weighted by molar-refractivity contribution is 9.10. The van der Waals surface area contributed by atoms with Crippen molar-refractivity contribution in [3.63, 3.8) is 0 Å². The summed E-state index contributed by atoms with van der Waals surface area (Å²) < 4.78 is 0.759. The summed E-state index contributed by atoms with van der Waals surface area (Å²) in [7, 11) is 0. The number of hydrogen-bond donors (Lipinski definition) is 2. The van der Waals surface area contributed by atoms with Crippen LogP contribution in [0.5, 0.6) is 0 Å². The normalized spacial score (nSPS) is 9.85. The minimum atomic E-state index is -0.413. The van der Waals surface area contributed by atoms with E-state index in [1.165, 1.54) is 0 Å². The van der Waals surface area contributed by atoms with E-state index in [1.54, 1.807) is 36.4 Å². The number of hydrogen-bond acceptors (Lipinski definition) is 3. The van der Waals surface area contributed by atoms with Gasteiger partial charge in [0.2, 0.25) is 0 Å². The highest BCUT2D eigenvalue weighted by atomic mass is 79.9. The zero-order chi connectivity index (χ0) is 14.7. The second kappa shape index (κ2) is 5.95. The molecule has 20 heavy (non-hydrogen) atoms. The second-order valence-electron chi connectivity index (χ2n) is 3.96. The Morgan fingerprint density at radius 1 is 1.35 bits per heavy atom. The quantitative estimate of drug-likeness (QED) is 0.808. The van der Waals surface area contributed by atoms with Gasteiger partial charge in [0, 0.05) is 4.47 Å². The minimum absolute atomic E-state index is 0.210. The van der Waals surface area contributed by atoms with Gasteiger partial charge < -0.3 is 11.1 Å². The summed E-state index contributed by atoms with van der Waals surface area (Å²) >= 11 is 9.14. The highest BCUT2D eigenvalue weighted by Gasteiger charge is 2.13. The lowest BCUT2D eigenvalue weighted by atomic mass is 10.1. The standard InChI is InChI=1S/C14H9BrClN3O/c15-9-4-5-12(8(6-9)7-17)19-14(20)10-2-1-3-11(16)13(10)18/h1-6H,18H2,(H,19,20). The Hall–Kier alpha value is -2.03. The van der Waals surface area contributed by atoms with Crippen molar-refractivity contribution in [1.82, 2.24) is 0 Å². The number of rotatable bonds is 2. The van der Waals surface area contributed by atoms with Crippen molar-refractivity contribution in [2.45, 2.75) is 0 Å². The van der Waals surface area contributed by atoms with Crippen LogP contribution in [0.3, 0.4) is 0 Å². The van der Waals surface area contributed by atoms with Crippen LogP contribution in [0.1, 0.15) is 15.9 Å². The SMILES string of the molecule is N#Cc1cc(Br)ccc1NC(=O)c1cccc(Cl)c1N. The average Bonchev–Trinajstić information content (AvgIpc) is 2.43. The van der Waals surface area contributed by atoms with Gasteiger partial charge in [-0.15, -0.1) is 0 Å². The van der Waals surface area contributed by atoms with Crippen LogP contribution in [0.25, 0.3) is 0 Å². The smallest absolute Gasteiger partial charge is 0.257 e. The summed E-state index contributed by atoms with van der Waals surface area (Å²) in [5.74, 6) is -0.413. The molecule has 0 aromatic heterocycles. The third-order valence-corrected chi connectivity index (χ3v) is 3.47. The van der Waals surface area contributed by atoms with Gasteiger partial charge in [0.1, 0.15) is 6.07 Å². The molecule has 0 atom stereocenters. The highest BCUT2D eigenvalue weighted by Crippen LogP contribution is 2.25. The van der Waals surface area contributed by atoms with Crippen LogP contribution in [0.2, 0.25) is 5.02 Å². The molecule has 100 valence electrons. The number of benzene rings is 2. The van der Waals surface area contributed by atoms with Crippen LogP contribution in [-0.2, 0) is 0 Å². The van der Waals surface area contributed by atoms with Gasteiger partial charge in [0.15, 0.2) is 0 Å². The first kappa shape index (κ1) is 14.4. The molecule has 0 saturated heterocycles. The molecular formula is C14H9BrClN3O. The number of nitrogens with two attached hydrogens (primary N) is 1. The van der Waals surface area contributed by atoms with Crippen LogP contribution in [-0.4, -0.2) is 5.91 Å². The molecule has 2 aromatic rings. The average molecular weight is 351 g/mol. The first-order chi connectivity index (χ1) is 9.52. The van der Waals surface area contributed by atoms with Crippen LogP contribution in [0.4, 0.5) is 11.4 Å². The summed E-state index contributed by atoms with van der Waals surface area (Å²) in [5, 5.41) is 12.0. The molecule has 3 N–H and O–H groups in total. The molecule has 0 aliphatic carbocycles. The topological polar surface area (TPSA) is 78.9 Å². The molecule has 0 fully saturated rings. The molecule has 0 aliphatic rings. The van der Waals surface area contributed by atoms with Crippen molar-refractivity contribution < 1.29 is 4.79 Å². The fourth-order valence-electron chi connectivity index (χ4n) is 1.64. The van der Waals surface area contributed by atoms with Crippen LogP contribution >= 0.6 is 27.5 Å². The van der Waals surface area contributed by atoms with Gasteiger partial charge in [0.05, 0.1) is 27.5 Å². The molecule has 1 amide bonds. The number of nitrogen functional groups attached to an aromatic ring is 1. The summed E-state index contributed by atoms with van der Waals surface area (Å²) in [6, 6.07) is 11.8. The lowest BCUT2D eigenvalue weighted by Crippen LogP contribution is -2.15. The zero-order valence-corrected chi connectivity index (χ0v) is 12.5. The predicted molar refractivity (Wildman–Crippen MR) is 82.7 cm³/mol. The lowest BCUT2D eigenvalue weighted by Gasteiger charge is -2.10. The first-order valence-electron chi connectivity index (χ1n) is 5.58. The summed E-state index contributed by atoms with van der Waals surface area (Å²) in [6.45, 7) is 0. The number of para-hydroxylation sites is 1. The molecule has 4 nitrogen and oxygen atoms in total. The van der Waals surface area contributed by atoms with Gasteiger partial charge in [-0.05, 0) is 30.3 Å². The molecule has 0 saturated carbocycles. The monoisotopic (exact) mass is 349 g/mol. The van der Waals surface area contributed by atoms with Gasteiger partial charge in [-0.2, -0.15) is 5.26 Å². The van der Waals surface area contributed by atoms with Crippen molar-refractivity contribution in [2.24, 2.45) is 0 Å². The van der Waals surface area contributed by atoms with Gasteiger partial charge in [0.25, 0.3) is 5.91 Å². The summed E-state index contributed by atoms with van der Waals surface area (Å²) in [5.41, 5.74) is 7.02. The Morgan fingerprint density at radius 3 is 2.80 bits per heavy atom. The largest absolute Gasteiger partial charge is 0.397 e. The molecule has 0 spiro atoms. The first-order valence-corrected chi connectivity index (χ1v) is 6.75. The molecule has 2 rings (SSSR count). The number of nitrogens with zero attached hydrogens (tertiary/aromatic N) is 1. The van der Waals surface area contributed by atoms with Gasteiger partial charge >= 0.3 is 0 Å². The second-order valence-corrected chi connectivity index (χ2v) is 5.28. The molecular weight excluding hydrogens is 342 g/mol. The van der Waals surface area contributed by atoms with E-state index in [0.29, 0.717) is 16.3 Å². The summed E-state index contributed by atoms with van der Waals surface area (Å²) in [6.07, 6.45) is 0. The van der Waals surface area contributed by atoms with Crippen molar-refractivity contribution >= 4 is 44.8 Å². The number of carbonyl (C=O) groups excluding carboxylic acids is 1. The third-order valence-electron chi connectivity index (χ3n) is 2.65. The van der Waals surface area contributed by atoms with E-state index in [0.717, 1.165) is 4.47 Å². The maximum Gasteiger partial charge on any atom is 0.257 e. The maximum absolute atomic E-state index is 12.2. The molecule has 0 bridgehead atoms. The van der Waals surface area contributed by atoms with Crippen molar-refractivity contribution in [1.29, 1.82) is 5.26 Å². The molecule has 0 radical (unpaired) electrons. The van der Waals surface area contributed by atoms with Crippen molar-refractivity contribution in [3.05, 3.63) is 57.0 Å². The van der Waals surface area contributed by atoms with E-state index >= 15 is 0 Å². The van der Waals surface area contributed by atoms with Crippen LogP contribution < -0.4 is 11.1 Å². The molecule has 6 heteroatoms. The Bertz CT molecular complexity index is 725. The molecule has 0 unspecified atom stereocenters. The number of halogens is 2. The fraction of sp³-hybridized carbons (Fsp3) is 0. The van der Waals surface area contributed by atoms with Gasteiger partial charge in [-0.1, -0.05) is 33.6 Å². The van der Waals surface area contributed by atoms with E-state index in [1.807, 2.05) is 6.07 Å². The zero-order valence-electron chi connectivity index (χ0n) is 10.2. The predicted octanol–water partition coefficient (Wildman–Crippen LogP) is 3.81. The number of amides is 1. The van der Waals surface area contributed by atoms with Crippen molar-refractivity contribution in [2.75, 3.05) is 11.1 Å². The van der Waals surface area contributed by atoms with E-state index < -0.39 is 5.91 Å². The Kier molecular flexibility index (Phi) is 4.28. The number of carbonyl (C=O) groups is 1. The van der Waals surface area contributed by atoms with E-state index in [2.05, 4.69) is 21.2 Å². The number of nitrogens with one attached hydrogen (secondary N) is 1. The van der Waals surface area contributed by atoms with Gasteiger partial charge in [-0.3, -0.25) is 4.79 Å². The van der Waals surface area contributed by atoms with Crippen molar-refractivity contribution in [3.8, 4) is 6.07 Å². The Labute approximate surface area is 129 Å². The minimum Gasteiger partial charge on any atom is -0.397 e. The number of anilines is 2. The van der Waals surface area contributed by atoms with E-state index in [9.17, 15) is 4.79 Å². The Morgan fingerprint density at radius 2 is 2.10 bits per heavy atom. The van der Waals surface area contributed by atoms with E-state index in [4.69, 9.17) is 22.6 Å². The summed E-state index contributed by atoms with van der Waals surface area (Å²) in [4.78, 5) is 12.2. The molecule has 0 aliphatic heterocycles. The van der Waals surface area contributed by atoms with Crippen LogP contribution in [0.15, 0.2) is 40.9 Å². The van der Waals surface area contributed by atoms with Gasteiger partial charge in [-0.25, -0.2) is 0 Å².